The molecule has 9 heteroatoms. The SMILES string of the molecule is CC(C)(C)OC(=O)N[C@H](COS(C)(=O)=O)CC(=O)OCc1ccccc1. The number of amides is 1. The summed E-state index contributed by atoms with van der Waals surface area (Å²) in [4.78, 5) is 23.9. The Morgan fingerprint density at radius 2 is 1.77 bits per heavy atom. The molecular weight excluding hydrogens is 362 g/mol. The van der Waals surface area contributed by atoms with Crippen molar-refractivity contribution >= 4 is 22.2 Å². The van der Waals surface area contributed by atoms with Gasteiger partial charge in [0.25, 0.3) is 10.1 Å². The van der Waals surface area contributed by atoms with Crippen molar-refractivity contribution in [2.75, 3.05) is 12.9 Å². The zero-order valence-electron chi connectivity index (χ0n) is 15.4. The molecule has 1 aromatic rings. The van der Waals surface area contributed by atoms with Gasteiger partial charge in [-0.1, -0.05) is 30.3 Å². The van der Waals surface area contributed by atoms with Crippen molar-refractivity contribution in [3.8, 4) is 0 Å². The molecule has 0 aliphatic rings. The predicted molar refractivity (Wildman–Crippen MR) is 94.8 cm³/mol. The molecular formula is C17H25NO7S. The number of alkyl carbamates (subject to hydrolysis) is 1. The Morgan fingerprint density at radius 3 is 2.31 bits per heavy atom. The smallest absolute Gasteiger partial charge is 0.407 e. The van der Waals surface area contributed by atoms with Gasteiger partial charge >= 0.3 is 12.1 Å². The molecule has 1 rings (SSSR count). The van der Waals surface area contributed by atoms with Crippen molar-refractivity contribution < 1.29 is 31.7 Å². The Labute approximate surface area is 153 Å². The van der Waals surface area contributed by atoms with Crippen molar-refractivity contribution in [3.05, 3.63) is 35.9 Å². The summed E-state index contributed by atoms with van der Waals surface area (Å²) in [5.41, 5.74) is 0.0741. The molecule has 0 saturated heterocycles. The van der Waals surface area contributed by atoms with E-state index < -0.39 is 40.4 Å². The van der Waals surface area contributed by atoms with E-state index in [1.165, 1.54) is 0 Å². The van der Waals surface area contributed by atoms with E-state index in [0.717, 1.165) is 11.8 Å². The maximum Gasteiger partial charge on any atom is 0.407 e. The minimum Gasteiger partial charge on any atom is -0.461 e. The van der Waals surface area contributed by atoms with Crippen molar-refractivity contribution in [3.63, 3.8) is 0 Å². The van der Waals surface area contributed by atoms with E-state index in [0.29, 0.717) is 0 Å². The summed E-state index contributed by atoms with van der Waals surface area (Å²) in [6.45, 7) is 4.72. The first kappa shape index (κ1) is 21.9. The van der Waals surface area contributed by atoms with Crippen molar-refractivity contribution in [1.82, 2.24) is 5.32 Å². The maximum absolute atomic E-state index is 12.0. The van der Waals surface area contributed by atoms with E-state index >= 15 is 0 Å². The lowest BCUT2D eigenvalue weighted by Gasteiger charge is -2.23. The molecule has 8 nitrogen and oxygen atoms in total. The van der Waals surface area contributed by atoms with E-state index in [2.05, 4.69) is 9.50 Å². The zero-order valence-corrected chi connectivity index (χ0v) is 16.2. The quantitative estimate of drug-likeness (QED) is 0.537. The standard InChI is InChI=1S/C17H25NO7S/c1-17(2,3)25-16(20)18-14(12-24-26(4,21)22)10-15(19)23-11-13-8-6-5-7-9-13/h5-9,14H,10-12H2,1-4H3,(H,18,20)/t14-/m0/s1. The van der Waals surface area contributed by atoms with Gasteiger partial charge in [-0.3, -0.25) is 8.98 Å². The fourth-order valence-electron chi connectivity index (χ4n) is 1.83. The molecule has 0 heterocycles. The molecule has 0 radical (unpaired) electrons. The maximum atomic E-state index is 12.0. The lowest BCUT2D eigenvalue weighted by molar-refractivity contribution is -0.145. The largest absolute Gasteiger partial charge is 0.461 e. The van der Waals surface area contributed by atoms with Gasteiger partial charge in [0.05, 0.1) is 25.3 Å². The molecule has 0 spiro atoms. The van der Waals surface area contributed by atoms with Crippen LogP contribution in [-0.4, -0.2) is 45.0 Å². The van der Waals surface area contributed by atoms with Gasteiger partial charge in [-0.25, -0.2) is 4.79 Å². The number of ether oxygens (including phenoxy) is 2. The van der Waals surface area contributed by atoms with Crippen molar-refractivity contribution in [2.45, 2.75) is 45.4 Å². The van der Waals surface area contributed by atoms with Crippen LogP contribution in [0.3, 0.4) is 0 Å². The molecule has 0 fully saturated rings. The third-order valence-corrected chi connectivity index (χ3v) is 3.42. The molecule has 0 aliphatic carbocycles. The molecule has 1 N–H and O–H groups in total. The third kappa shape index (κ3) is 10.7. The summed E-state index contributed by atoms with van der Waals surface area (Å²) in [5.74, 6) is -0.605. The van der Waals surface area contributed by atoms with Crippen LogP contribution < -0.4 is 5.32 Å². The fourth-order valence-corrected chi connectivity index (χ4v) is 2.24. The normalized spacial score (nSPS) is 12.9. The Hall–Kier alpha value is -2.13. The lowest BCUT2D eigenvalue weighted by atomic mass is 10.2. The van der Waals surface area contributed by atoms with E-state index in [1.807, 2.05) is 18.2 Å². The van der Waals surface area contributed by atoms with Crippen LogP contribution >= 0.6 is 0 Å². The van der Waals surface area contributed by atoms with Crippen LogP contribution in [0.5, 0.6) is 0 Å². The summed E-state index contributed by atoms with van der Waals surface area (Å²) in [5, 5.41) is 2.42. The highest BCUT2D eigenvalue weighted by molar-refractivity contribution is 7.85. The molecule has 0 unspecified atom stereocenters. The first-order valence-electron chi connectivity index (χ1n) is 7.98. The summed E-state index contributed by atoms with van der Waals surface area (Å²) >= 11 is 0. The Balaban J connectivity index is 2.61. The Morgan fingerprint density at radius 1 is 1.15 bits per heavy atom. The van der Waals surface area contributed by atoms with E-state index in [4.69, 9.17) is 9.47 Å². The summed E-state index contributed by atoms with van der Waals surface area (Å²) in [6, 6.07) is 8.16. The first-order chi connectivity index (χ1) is 11.9. The van der Waals surface area contributed by atoms with Crippen LogP contribution in [0.2, 0.25) is 0 Å². The number of carbonyl (C=O) groups excluding carboxylic acids is 2. The second-order valence-corrected chi connectivity index (χ2v) is 8.33. The number of hydrogen-bond acceptors (Lipinski definition) is 7. The van der Waals surface area contributed by atoms with Gasteiger partial charge in [0, 0.05) is 0 Å². The van der Waals surface area contributed by atoms with Crippen LogP contribution in [0, 0.1) is 0 Å². The average molecular weight is 387 g/mol. The minimum absolute atomic E-state index is 0.0752. The van der Waals surface area contributed by atoms with Crippen LogP contribution in [0.15, 0.2) is 30.3 Å². The summed E-state index contributed by atoms with van der Waals surface area (Å²) < 4.78 is 37.2. The molecule has 0 aliphatic heterocycles. The molecule has 1 atom stereocenters. The number of esters is 1. The van der Waals surface area contributed by atoms with Gasteiger partial charge in [0.15, 0.2) is 0 Å². The van der Waals surface area contributed by atoms with Crippen LogP contribution in [0.25, 0.3) is 0 Å². The minimum atomic E-state index is -3.73. The van der Waals surface area contributed by atoms with Crippen LogP contribution in [0.4, 0.5) is 4.79 Å². The van der Waals surface area contributed by atoms with Crippen molar-refractivity contribution in [1.29, 1.82) is 0 Å². The fraction of sp³-hybridized carbons (Fsp3) is 0.529. The highest BCUT2D eigenvalue weighted by atomic mass is 32.2. The number of hydrogen-bond donors (Lipinski definition) is 1. The number of nitrogens with one attached hydrogen (secondary N) is 1. The van der Waals surface area contributed by atoms with Crippen LogP contribution in [0.1, 0.15) is 32.8 Å². The number of benzene rings is 1. The molecule has 0 aromatic heterocycles. The predicted octanol–water partition coefficient (Wildman–Crippen LogP) is 1.99. The van der Waals surface area contributed by atoms with Crippen molar-refractivity contribution in [2.24, 2.45) is 0 Å². The van der Waals surface area contributed by atoms with Gasteiger partial charge in [-0.2, -0.15) is 8.42 Å². The van der Waals surface area contributed by atoms with Gasteiger partial charge < -0.3 is 14.8 Å². The van der Waals surface area contributed by atoms with Gasteiger partial charge in [-0.05, 0) is 26.3 Å². The number of carbonyl (C=O) groups is 2. The first-order valence-corrected chi connectivity index (χ1v) is 9.80. The molecule has 0 bridgehead atoms. The third-order valence-electron chi connectivity index (χ3n) is 2.86. The molecule has 0 saturated carbocycles. The monoisotopic (exact) mass is 387 g/mol. The van der Waals surface area contributed by atoms with E-state index in [1.54, 1.807) is 32.9 Å². The van der Waals surface area contributed by atoms with E-state index in [9.17, 15) is 18.0 Å². The van der Waals surface area contributed by atoms with Gasteiger partial charge in [-0.15, -0.1) is 0 Å². The zero-order chi connectivity index (χ0) is 19.8. The van der Waals surface area contributed by atoms with Gasteiger partial charge in [0.2, 0.25) is 0 Å². The second kappa shape index (κ2) is 9.54. The molecule has 26 heavy (non-hydrogen) atoms. The molecule has 1 aromatic carbocycles. The summed E-state index contributed by atoms with van der Waals surface area (Å²) in [6.07, 6.45) is -0.164. The molecule has 146 valence electrons. The highest BCUT2D eigenvalue weighted by Crippen LogP contribution is 2.09. The van der Waals surface area contributed by atoms with E-state index in [-0.39, 0.29) is 13.0 Å². The van der Waals surface area contributed by atoms with Gasteiger partial charge in [0.1, 0.15) is 12.2 Å². The molecule has 1 amide bonds. The summed E-state index contributed by atoms with van der Waals surface area (Å²) in [7, 11) is -3.73. The second-order valence-electron chi connectivity index (χ2n) is 6.68. The average Bonchev–Trinajstić information content (AvgIpc) is 2.49. The van der Waals surface area contributed by atoms with Crippen LogP contribution in [-0.2, 0) is 35.2 Å². The topological polar surface area (TPSA) is 108 Å². The Bertz CT molecular complexity index is 696. The lowest BCUT2D eigenvalue weighted by Crippen LogP contribution is -2.43. The highest BCUT2D eigenvalue weighted by Gasteiger charge is 2.23. The number of rotatable bonds is 8. The Kier molecular flexibility index (Phi) is 8.04.